The third kappa shape index (κ3) is 4.49. The third-order valence-electron chi connectivity index (χ3n) is 2.15. The van der Waals surface area contributed by atoms with E-state index in [-0.39, 0.29) is 5.60 Å². The van der Waals surface area contributed by atoms with Crippen molar-refractivity contribution >= 4 is 0 Å². The van der Waals surface area contributed by atoms with Gasteiger partial charge in [0.25, 0.3) is 0 Å². The minimum atomic E-state index is -0.0453. The smallest absolute Gasteiger partial charge is 0.0652 e. The van der Waals surface area contributed by atoms with Crippen LogP contribution in [0.25, 0.3) is 0 Å². The van der Waals surface area contributed by atoms with Crippen LogP contribution in [0.1, 0.15) is 26.5 Å². The lowest BCUT2D eigenvalue weighted by atomic mass is 10.2. The molecule has 0 saturated heterocycles. The Bertz CT molecular complexity index is 286. The highest BCUT2D eigenvalue weighted by atomic mass is 16.5. The summed E-state index contributed by atoms with van der Waals surface area (Å²) < 4.78 is 7.92. The molecule has 1 aromatic rings. The van der Waals surface area contributed by atoms with Gasteiger partial charge in [-0.15, -0.1) is 0 Å². The van der Waals surface area contributed by atoms with Crippen LogP contribution in [0.15, 0.2) is 18.3 Å². The first-order valence-electron chi connectivity index (χ1n) is 5.45. The molecule has 0 aliphatic heterocycles. The first-order chi connectivity index (χ1) is 7.03. The van der Waals surface area contributed by atoms with E-state index < -0.39 is 0 Å². The van der Waals surface area contributed by atoms with Crippen LogP contribution >= 0.6 is 0 Å². The second kappa shape index (κ2) is 5.33. The van der Waals surface area contributed by atoms with Gasteiger partial charge in [-0.3, -0.25) is 0 Å². The Kier molecular flexibility index (Phi) is 4.36. The second-order valence-corrected chi connectivity index (χ2v) is 4.68. The van der Waals surface area contributed by atoms with Gasteiger partial charge >= 0.3 is 0 Å². The lowest BCUT2D eigenvalue weighted by Crippen LogP contribution is -2.22. The summed E-state index contributed by atoms with van der Waals surface area (Å²) in [6, 6.07) is 4.21. The minimum Gasteiger partial charge on any atom is -0.374 e. The third-order valence-corrected chi connectivity index (χ3v) is 2.15. The Morgan fingerprint density at radius 1 is 1.40 bits per heavy atom. The predicted molar refractivity (Wildman–Crippen MR) is 62.9 cm³/mol. The van der Waals surface area contributed by atoms with Crippen molar-refractivity contribution in [2.75, 3.05) is 13.7 Å². The Morgan fingerprint density at radius 3 is 2.73 bits per heavy atom. The fourth-order valence-corrected chi connectivity index (χ4v) is 1.46. The molecule has 0 aliphatic rings. The maximum absolute atomic E-state index is 5.69. The molecule has 3 nitrogen and oxygen atoms in total. The van der Waals surface area contributed by atoms with E-state index >= 15 is 0 Å². The lowest BCUT2D eigenvalue weighted by Gasteiger charge is -2.20. The van der Waals surface area contributed by atoms with E-state index in [1.165, 1.54) is 5.69 Å². The van der Waals surface area contributed by atoms with E-state index in [1.54, 1.807) is 0 Å². The van der Waals surface area contributed by atoms with Gasteiger partial charge in [0.2, 0.25) is 0 Å². The van der Waals surface area contributed by atoms with Crippen LogP contribution in [0.2, 0.25) is 0 Å². The Balaban J connectivity index is 2.40. The summed E-state index contributed by atoms with van der Waals surface area (Å²) in [5.74, 6) is 0. The number of ether oxygens (including phenoxy) is 1. The van der Waals surface area contributed by atoms with Gasteiger partial charge in [-0.2, -0.15) is 0 Å². The summed E-state index contributed by atoms with van der Waals surface area (Å²) in [6.45, 7) is 8.82. The van der Waals surface area contributed by atoms with Crippen LogP contribution in [-0.2, 0) is 17.8 Å². The number of rotatable bonds is 5. The Morgan fingerprint density at radius 2 is 2.13 bits per heavy atom. The highest BCUT2D eigenvalue weighted by Crippen LogP contribution is 2.08. The first-order valence-corrected chi connectivity index (χ1v) is 5.45. The highest BCUT2D eigenvalue weighted by Gasteiger charge is 2.09. The second-order valence-electron chi connectivity index (χ2n) is 4.68. The average Bonchev–Trinajstić information content (AvgIpc) is 2.51. The van der Waals surface area contributed by atoms with Crippen molar-refractivity contribution in [3.8, 4) is 0 Å². The van der Waals surface area contributed by atoms with Crippen LogP contribution in [0.3, 0.4) is 0 Å². The van der Waals surface area contributed by atoms with Crippen molar-refractivity contribution in [2.45, 2.75) is 39.5 Å². The quantitative estimate of drug-likeness (QED) is 0.804. The van der Waals surface area contributed by atoms with Crippen molar-refractivity contribution in [2.24, 2.45) is 0 Å². The van der Waals surface area contributed by atoms with Crippen LogP contribution in [0.5, 0.6) is 0 Å². The average molecular weight is 210 g/mol. The number of hydrogen-bond donors (Lipinski definition) is 1. The van der Waals surface area contributed by atoms with E-state index in [1.807, 2.05) is 7.05 Å². The van der Waals surface area contributed by atoms with Gasteiger partial charge in [-0.05, 0) is 40.0 Å². The van der Waals surface area contributed by atoms with E-state index in [9.17, 15) is 0 Å². The normalized spacial score (nSPS) is 12.0. The van der Waals surface area contributed by atoms with Crippen LogP contribution in [-0.4, -0.2) is 23.8 Å². The molecule has 0 radical (unpaired) electrons. The summed E-state index contributed by atoms with van der Waals surface area (Å²) in [4.78, 5) is 0. The molecule has 0 amide bonds. The maximum atomic E-state index is 5.69. The summed E-state index contributed by atoms with van der Waals surface area (Å²) in [5.41, 5.74) is 1.26. The van der Waals surface area contributed by atoms with E-state index in [0.717, 1.165) is 19.7 Å². The SMILES string of the molecule is CNCc1cccn1CCOC(C)(C)C. The highest BCUT2D eigenvalue weighted by molar-refractivity contribution is 5.06. The van der Waals surface area contributed by atoms with Crippen LogP contribution < -0.4 is 5.32 Å². The monoisotopic (exact) mass is 210 g/mol. The molecule has 0 bridgehead atoms. The first kappa shape index (κ1) is 12.3. The molecule has 0 fully saturated rings. The number of hydrogen-bond acceptors (Lipinski definition) is 2. The summed E-state index contributed by atoms with van der Waals surface area (Å²) in [7, 11) is 1.96. The molecule has 1 heterocycles. The minimum absolute atomic E-state index is 0.0453. The van der Waals surface area contributed by atoms with Gasteiger partial charge in [-0.25, -0.2) is 0 Å². The fraction of sp³-hybridized carbons (Fsp3) is 0.667. The van der Waals surface area contributed by atoms with E-state index in [2.05, 4.69) is 49.0 Å². The van der Waals surface area contributed by atoms with Gasteiger partial charge in [0.15, 0.2) is 0 Å². The largest absolute Gasteiger partial charge is 0.374 e. The molecule has 0 aliphatic carbocycles. The molecule has 3 heteroatoms. The fourth-order valence-electron chi connectivity index (χ4n) is 1.46. The van der Waals surface area contributed by atoms with E-state index in [0.29, 0.717) is 0 Å². The van der Waals surface area contributed by atoms with Crippen LogP contribution in [0, 0.1) is 0 Å². The molecular weight excluding hydrogens is 188 g/mol. The van der Waals surface area contributed by atoms with Crippen LogP contribution in [0.4, 0.5) is 0 Å². The molecular formula is C12H22N2O. The standard InChI is InChI=1S/C12H22N2O/c1-12(2,3)15-9-8-14-7-5-6-11(14)10-13-4/h5-7,13H,8-10H2,1-4H3. The Hall–Kier alpha value is -0.800. The number of nitrogens with zero attached hydrogens (tertiary/aromatic N) is 1. The summed E-state index contributed by atoms with van der Waals surface area (Å²) in [6.07, 6.45) is 2.10. The molecule has 0 aromatic carbocycles. The molecule has 0 atom stereocenters. The number of aromatic nitrogens is 1. The van der Waals surface area contributed by atoms with Gasteiger partial charge in [-0.1, -0.05) is 0 Å². The van der Waals surface area contributed by atoms with Crippen molar-refractivity contribution in [1.82, 2.24) is 9.88 Å². The zero-order chi connectivity index (χ0) is 11.3. The van der Waals surface area contributed by atoms with Gasteiger partial charge < -0.3 is 14.6 Å². The van der Waals surface area contributed by atoms with E-state index in [4.69, 9.17) is 4.74 Å². The molecule has 1 N–H and O–H groups in total. The molecule has 0 saturated carbocycles. The molecule has 15 heavy (non-hydrogen) atoms. The molecule has 1 aromatic heterocycles. The number of nitrogens with one attached hydrogen (secondary N) is 1. The molecule has 0 unspecified atom stereocenters. The Labute approximate surface area is 92.4 Å². The van der Waals surface area contributed by atoms with Crippen molar-refractivity contribution in [1.29, 1.82) is 0 Å². The van der Waals surface area contributed by atoms with Gasteiger partial charge in [0.1, 0.15) is 0 Å². The van der Waals surface area contributed by atoms with Gasteiger partial charge in [0.05, 0.1) is 12.2 Å². The summed E-state index contributed by atoms with van der Waals surface area (Å²) >= 11 is 0. The van der Waals surface area contributed by atoms with Crippen molar-refractivity contribution < 1.29 is 4.74 Å². The molecule has 86 valence electrons. The van der Waals surface area contributed by atoms with Crippen molar-refractivity contribution in [3.05, 3.63) is 24.0 Å². The van der Waals surface area contributed by atoms with Crippen molar-refractivity contribution in [3.63, 3.8) is 0 Å². The zero-order valence-electron chi connectivity index (χ0n) is 10.2. The van der Waals surface area contributed by atoms with Gasteiger partial charge in [0, 0.05) is 25.0 Å². The summed E-state index contributed by atoms with van der Waals surface area (Å²) in [5, 5.41) is 3.16. The lowest BCUT2D eigenvalue weighted by molar-refractivity contribution is -0.00702. The molecule has 1 rings (SSSR count). The zero-order valence-corrected chi connectivity index (χ0v) is 10.2. The predicted octanol–water partition coefficient (Wildman–Crippen LogP) is 2.02. The topological polar surface area (TPSA) is 26.2 Å². The maximum Gasteiger partial charge on any atom is 0.0652 e. The molecule has 0 spiro atoms.